The van der Waals surface area contributed by atoms with Gasteiger partial charge in [0.25, 0.3) is 6.43 Å². The Balaban J connectivity index is 2.48. The summed E-state index contributed by atoms with van der Waals surface area (Å²) in [5.74, 6) is 4.93. The first-order chi connectivity index (χ1) is 5.74. The maximum atomic E-state index is 12.1. The van der Waals surface area contributed by atoms with Gasteiger partial charge in [0, 0.05) is 0 Å². The van der Waals surface area contributed by atoms with Crippen molar-refractivity contribution in [3.63, 3.8) is 0 Å². The molecule has 3 nitrogen and oxygen atoms in total. The second-order valence-electron chi connectivity index (χ2n) is 2.44. The van der Waals surface area contributed by atoms with E-state index in [1.54, 1.807) is 6.07 Å². The first-order valence-electron chi connectivity index (χ1n) is 3.49. The summed E-state index contributed by atoms with van der Waals surface area (Å²) in [6.45, 7) is 0. The average molecular weight is 176 g/mol. The third-order valence-electron chi connectivity index (χ3n) is 1.55. The van der Waals surface area contributed by atoms with Crippen molar-refractivity contribution in [1.82, 2.24) is 5.43 Å². The number of nitrogens with two attached hydrogens (primary N) is 1. The normalized spacial score (nSPS) is 13.7. The Kier molecular flexibility index (Phi) is 3.19. The maximum absolute atomic E-state index is 12.1. The molecule has 1 unspecified atom stereocenters. The van der Waals surface area contributed by atoms with Crippen LogP contribution in [0, 0.1) is 0 Å². The molecule has 12 heavy (non-hydrogen) atoms. The number of hydrogen-bond donors (Lipinski definition) is 2. The zero-order chi connectivity index (χ0) is 8.97. The van der Waals surface area contributed by atoms with Crippen LogP contribution in [0.2, 0.25) is 0 Å². The van der Waals surface area contributed by atoms with E-state index in [0.29, 0.717) is 5.56 Å². The van der Waals surface area contributed by atoms with Crippen LogP contribution in [0.25, 0.3) is 0 Å². The number of hydrogen-bond acceptors (Lipinski definition) is 3. The summed E-state index contributed by atoms with van der Waals surface area (Å²) in [6.07, 6.45) is 0.566. The molecule has 0 aromatic carbocycles. The van der Waals surface area contributed by atoms with Crippen molar-refractivity contribution in [1.29, 1.82) is 0 Å². The summed E-state index contributed by atoms with van der Waals surface area (Å²) in [5.41, 5.74) is 2.75. The van der Waals surface area contributed by atoms with E-state index in [4.69, 9.17) is 10.3 Å². The van der Waals surface area contributed by atoms with Gasteiger partial charge in [-0.2, -0.15) is 0 Å². The van der Waals surface area contributed by atoms with E-state index < -0.39 is 12.5 Å². The van der Waals surface area contributed by atoms with Gasteiger partial charge in [-0.15, -0.1) is 0 Å². The van der Waals surface area contributed by atoms with Crippen LogP contribution in [0.3, 0.4) is 0 Å². The summed E-state index contributed by atoms with van der Waals surface area (Å²) in [6, 6.07) is 0.620. The third kappa shape index (κ3) is 2.28. The zero-order valence-electron chi connectivity index (χ0n) is 6.34. The zero-order valence-corrected chi connectivity index (χ0v) is 6.34. The topological polar surface area (TPSA) is 51.2 Å². The molecule has 0 fully saturated rings. The van der Waals surface area contributed by atoms with Crippen molar-refractivity contribution < 1.29 is 13.2 Å². The number of nitrogens with one attached hydrogen (secondary N) is 1. The lowest BCUT2D eigenvalue weighted by Gasteiger charge is -2.12. The predicted molar refractivity (Wildman–Crippen MR) is 39.5 cm³/mol. The summed E-state index contributed by atoms with van der Waals surface area (Å²) < 4.78 is 29.0. The van der Waals surface area contributed by atoms with Crippen LogP contribution in [-0.4, -0.2) is 12.5 Å². The molecule has 0 saturated carbocycles. The molecule has 3 N–H and O–H groups in total. The highest BCUT2D eigenvalue weighted by Gasteiger charge is 2.19. The Morgan fingerprint density at radius 1 is 1.58 bits per heavy atom. The van der Waals surface area contributed by atoms with E-state index >= 15 is 0 Å². The van der Waals surface area contributed by atoms with E-state index in [0.717, 1.165) is 0 Å². The molecule has 1 aromatic rings. The maximum Gasteiger partial charge on any atom is 0.255 e. The van der Waals surface area contributed by atoms with Crippen molar-refractivity contribution in [3.8, 4) is 0 Å². The SMILES string of the molecule is NNC(Cc1ccoc1)C(F)F. The van der Waals surface area contributed by atoms with Crippen LogP contribution in [0.15, 0.2) is 23.0 Å². The Morgan fingerprint density at radius 3 is 2.75 bits per heavy atom. The minimum absolute atomic E-state index is 0.171. The number of hydrazine groups is 1. The second-order valence-corrected chi connectivity index (χ2v) is 2.44. The van der Waals surface area contributed by atoms with Gasteiger partial charge in [-0.3, -0.25) is 11.3 Å². The number of alkyl halides is 2. The van der Waals surface area contributed by atoms with Crippen LogP contribution >= 0.6 is 0 Å². The molecule has 1 rings (SSSR count). The molecule has 0 amide bonds. The van der Waals surface area contributed by atoms with Gasteiger partial charge in [-0.1, -0.05) is 0 Å². The minimum atomic E-state index is -2.47. The molecule has 1 heterocycles. The van der Waals surface area contributed by atoms with Gasteiger partial charge in [0.15, 0.2) is 0 Å². The molecule has 0 aliphatic heterocycles. The van der Waals surface area contributed by atoms with Gasteiger partial charge >= 0.3 is 0 Å². The van der Waals surface area contributed by atoms with Gasteiger partial charge in [0.2, 0.25) is 0 Å². The van der Waals surface area contributed by atoms with Gasteiger partial charge in [-0.05, 0) is 18.1 Å². The lowest BCUT2D eigenvalue weighted by molar-refractivity contribution is 0.0984. The molecule has 0 aliphatic carbocycles. The van der Waals surface area contributed by atoms with Crippen LogP contribution in [0.1, 0.15) is 5.56 Å². The fourth-order valence-electron chi connectivity index (χ4n) is 0.883. The fourth-order valence-corrected chi connectivity index (χ4v) is 0.883. The van der Waals surface area contributed by atoms with Crippen molar-refractivity contribution in [2.45, 2.75) is 18.9 Å². The van der Waals surface area contributed by atoms with Crippen molar-refractivity contribution >= 4 is 0 Å². The summed E-state index contributed by atoms with van der Waals surface area (Å²) in [7, 11) is 0. The van der Waals surface area contributed by atoms with Gasteiger partial charge < -0.3 is 4.42 Å². The van der Waals surface area contributed by atoms with Crippen LogP contribution in [-0.2, 0) is 6.42 Å². The lowest BCUT2D eigenvalue weighted by Crippen LogP contribution is -2.41. The molecule has 0 saturated heterocycles. The molecule has 0 radical (unpaired) electrons. The van der Waals surface area contributed by atoms with Crippen LogP contribution in [0.4, 0.5) is 8.78 Å². The molecular formula is C7H10F2N2O. The van der Waals surface area contributed by atoms with Gasteiger partial charge in [0.05, 0.1) is 18.6 Å². The molecule has 0 bridgehead atoms. The van der Waals surface area contributed by atoms with E-state index in [2.05, 4.69) is 0 Å². The highest BCUT2D eigenvalue weighted by Crippen LogP contribution is 2.09. The minimum Gasteiger partial charge on any atom is -0.472 e. The van der Waals surface area contributed by atoms with Crippen LogP contribution < -0.4 is 11.3 Å². The van der Waals surface area contributed by atoms with E-state index in [-0.39, 0.29) is 6.42 Å². The number of halogens is 2. The molecule has 0 spiro atoms. The highest BCUT2D eigenvalue weighted by atomic mass is 19.3. The average Bonchev–Trinajstić information content (AvgIpc) is 2.51. The quantitative estimate of drug-likeness (QED) is 0.529. The Hall–Kier alpha value is -0.940. The molecule has 5 heteroatoms. The molecular weight excluding hydrogens is 166 g/mol. The van der Waals surface area contributed by atoms with Crippen molar-refractivity contribution in [2.75, 3.05) is 0 Å². The smallest absolute Gasteiger partial charge is 0.255 e. The second kappa shape index (κ2) is 4.18. The van der Waals surface area contributed by atoms with Gasteiger partial charge in [0.1, 0.15) is 0 Å². The van der Waals surface area contributed by atoms with Crippen molar-refractivity contribution in [2.24, 2.45) is 5.84 Å². The Labute approximate surface area is 68.5 Å². The Bertz CT molecular complexity index is 213. The largest absolute Gasteiger partial charge is 0.472 e. The molecule has 68 valence electrons. The molecule has 1 atom stereocenters. The number of rotatable bonds is 4. The molecule has 1 aromatic heterocycles. The van der Waals surface area contributed by atoms with Gasteiger partial charge in [-0.25, -0.2) is 8.78 Å². The van der Waals surface area contributed by atoms with E-state index in [1.165, 1.54) is 12.5 Å². The number of furan rings is 1. The first kappa shape index (κ1) is 9.15. The summed E-state index contributed by atoms with van der Waals surface area (Å²) in [5, 5.41) is 0. The predicted octanol–water partition coefficient (Wildman–Crippen LogP) is 0.919. The molecule has 0 aliphatic rings. The van der Waals surface area contributed by atoms with E-state index in [9.17, 15) is 8.78 Å². The van der Waals surface area contributed by atoms with Crippen molar-refractivity contribution in [3.05, 3.63) is 24.2 Å². The summed E-state index contributed by atoms with van der Waals surface area (Å²) in [4.78, 5) is 0. The lowest BCUT2D eigenvalue weighted by atomic mass is 10.1. The highest BCUT2D eigenvalue weighted by molar-refractivity contribution is 5.07. The monoisotopic (exact) mass is 176 g/mol. The summed E-state index contributed by atoms with van der Waals surface area (Å²) >= 11 is 0. The van der Waals surface area contributed by atoms with Crippen LogP contribution in [0.5, 0.6) is 0 Å². The fraction of sp³-hybridized carbons (Fsp3) is 0.429. The standard InChI is InChI=1S/C7H10F2N2O/c8-7(9)6(11-10)3-5-1-2-12-4-5/h1-2,4,6-7,11H,3,10H2. The Morgan fingerprint density at radius 2 is 2.33 bits per heavy atom. The first-order valence-corrected chi connectivity index (χ1v) is 3.49. The van der Waals surface area contributed by atoms with E-state index in [1.807, 2.05) is 5.43 Å². The third-order valence-corrected chi connectivity index (χ3v) is 1.55.